The molecular formula is C13H29N3O2S. The molecule has 6 heteroatoms. The zero-order chi connectivity index (χ0) is 14.4. The van der Waals surface area contributed by atoms with E-state index in [4.69, 9.17) is 5.73 Å². The van der Waals surface area contributed by atoms with Crippen molar-refractivity contribution >= 4 is 10.2 Å². The molecule has 0 spiro atoms. The van der Waals surface area contributed by atoms with Gasteiger partial charge in [-0.3, -0.25) is 0 Å². The second-order valence-electron chi connectivity index (χ2n) is 6.10. The number of hydrogen-bond acceptors (Lipinski definition) is 3. The maximum atomic E-state index is 12.1. The fourth-order valence-electron chi connectivity index (χ4n) is 2.53. The molecule has 0 aromatic rings. The zero-order valence-electron chi connectivity index (χ0n) is 12.2. The first-order valence-electron chi connectivity index (χ1n) is 7.38. The van der Waals surface area contributed by atoms with Crippen LogP contribution in [0, 0.1) is 5.92 Å². The first-order valence-corrected chi connectivity index (χ1v) is 8.86. The van der Waals surface area contributed by atoms with E-state index in [1.807, 2.05) is 13.8 Å². The van der Waals surface area contributed by atoms with Crippen LogP contribution in [0.25, 0.3) is 0 Å². The maximum Gasteiger partial charge on any atom is 0.277 e. The Bertz CT molecular complexity index is 347. The van der Waals surface area contributed by atoms with Crippen molar-refractivity contribution in [1.82, 2.24) is 9.44 Å². The molecule has 0 heterocycles. The van der Waals surface area contributed by atoms with Crippen LogP contribution in [0.4, 0.5) is 0 Å². The highest BCUT2D eigenvalue weighted by molar-refractivity contribution is 7.87. The molecule has 0 aromatic carbocycles. The van der Waals surface area contributed by atoms with Gasteiger partial charge in [-0.05, 0) is 18.8 Å². The van der Waals surface area contributed by atoms with E-state index in [0.29, 0.717) is 19.0 Å². The highest BCUT2D eigenvalue weighted by atomic mass is 32.2. The fourth-order valence-corrected chi connectivity index (χ4v) is 4.01. The van der Waals surface area contributed by atoms with Crippen molar-refractivity contribution < 1.29 is 8.42 Å². The molecule has 114 valence electrons. The van der Waals surface area contributed by atoms with E-state index in [0.717, 1.165) is 25.7 Å². The van der Waals surface area contributed by atoms with Crippen molar-refractivity contribution in [3.63, 3.8) is 0 Å². The fraction of sp³-hybridized carbons (Fsp3) is 1.00. The molecule has 19 heavy (non-hydrogen) atoms. The summed E-state index contributed by atoms with van der Waals surface area (Å²) in [6.45, 7) is 4.79. The highest BCUT2D eigenvalue weighted by Gasteiger charge is 2.33. The van der Waals surface area contributed by atoms with Crippen molar-refractivity contribution in [2.45, 2.75) is 64.3 Å². The molecule has 5 nitrogen and oxygen atoms in total. The quantitative estimate of drug-likeness (QED) is 0.693. The van der Waals surface area contributed by atoms with Crippen LogP contribution in [0.5, 0.6) is 0 Å². The Morgan fingerprint density at radius 2 is 1.63 bits per heavy atom. The molecule has 0 aliphatic heterocycles. The van der Waals surface area contributed by atoms with Crippen molar-refractivity contribution in [1.29, 1.82) is 0 Å². The normalized spacial score (nSPS) is 21.1. The minimum Gasteiger partial charge on any atom is -0.329 e. The first kappa shape index (κ1) is 16.9. The third-order valence-corrected chi connectivity index (χ3v) is 4.98. The van der Waals surface area contributed by atoms with Crippen molar-refractivity contribution in [3.05, 3.63) is 0 Å². The van der Waals surface area contributed by atoms with Gasteiger partial charge in [0.25, 0.3) is 10.2 Å². The molecule has 1 rings (SSSR count). The summed E-state index contributed by atoms with van der Waals surface area (Å²) in [4.78, 5) is 0. The number of rotatable bonds is 6. The van der Waals surface area contributed by atoms with E-state index in [-0.39, 0.29) is 0 Å². The molecule has 1 saturated carbocycles. The monoisotopic (exact) mass is 291 g/mol. The maximum absolute atomic E-state index is 12.1. The molecule has 0 radical (unpaired) electrons. The van der Waals surface area contributed by atoms with Crippen LogP contribution in [0.1, 0.15) is 58.8 Å². The third-order valence-electron chi connectivity index (χ3n) is 3.73. The molecule has 1 fully saturated rings. The zero-order valence-corrected chi connectivity index (χ0v) is 13.1. The molecule has 0 aromatic heterocycles. The van der Waals surface area contributed by atoms with E-state index < -0.39 is 15.7 Å². The van der Waals surface area contributed by atoms with E-state index >= 15 is 0 Å². The van der Waals surface area contributed by atoms with Gasteiger partial charge in [0.15, 0.2) is 0 Å². The summed E-state index contributed by atoms with van der Waals surface area (Å²) < 4.78 is 29.6. The summed E-state index contributed by atoms with van der Waals surface area (Å²) in [6, 6.07) is 0. The second-order valence-corrected chi connectivity index (χ2v) is 7.60. The van der Waals surface area contributed by atoms with Gasteiger partial charge >= 0.3 is 0 Å². The molecule has 1 aliphatic rings. The molecule has 0 saturated heterocycles. The molecule has 4 N–H and O–H groups in total. The largest absolute Gasteiger partial charge is 0.329 e. The van der Waals surface area contributed by atoms with Crippen LogP contribution in [0.15, 0.2) is 0 Å². The average Bonchev–Trinajstić information content (AvgIpc) is 2.30. The molecule has 0 amide bonds. The van der Waals surface area contributed by atoms with Gasteiger partial charge in [0.05, 0.1) is 0 Å². The Labute approximate surface area is 117 Å². The summed E-state index contributed by atoms with van der Waals surface area (Å²) in [7, 11) is -3.45. The minimum absolute atomic E-state index is 0.294. The van der Waals surface area contributed by atoms with Gasteiger partial charge in [0.2, 0.25) is 0 Å². The van der Waals surface area contributed by atoms with Crippen LogP contribution in [0.3, 0.4) is 0 Å². The number of nitrogens with two attached hydrogens (primary N) is 1. The van der Waals surface area contributed by atoms with E-state index in [1.165, 1.54) is 19.3 Å². The summed E-state index contributed by atoms with van der Waals surface area (Å²) in [5.74, 6) is 0.294. The summed E-state index contributed by atoms with van der Waals surface area (Å²) >= 11 is 0. The Morgan fingerprint density at radius 3 is 2.11 bits per heavy atom. The van der Waals surface area contributed by atoms with Crippen molar-refractivity contribution in [3.8, 4) is 0 Å². The lowest BCUT2D eigenvalue weighted by atomic mass is 9.85. The second kappa shape index (κ2) is 7.57. The number of hydrogen-bond donors (Lipinski definition) is 3. The van der Waals surface area contributed by atoms with Crippen LogP contribution < -0.4 is 15.2 Å². The lowest BCUT2D eigenvalue weighted by Gasteiger charge is -2.35. The van der Waals surface area contributed by atoms with Gasteiger partial charge in [-0.1, -0.05) is 46.0 Å². The number of nitrogens with one attached hydrogen (secondary N) is 2. The SMILES string of the molecule is CC(C)CNS(=O)(=O)NC1(CN)CCCCCCC1. The minimum atomic E-state index is -3.45. The van der Waals surface area contributed by atoms with E-state index in [2.05, 4.69) is 9.44 Å². The van der Waals surface area contributed by atoms with Crippen molar-refractivity contribution in [2.24, 2.45) is 11.7 Å². The smallest absolute Gasteiger partial charge is 0.277 e. The van der Waals surface area contributed by atoms with Gasteiger partial charge in [-0.15, -0.1) is 0 Å². The van der Waals surface area contributed by atoms with Gasteiger partial charge in [-0.25, -0.2) is 4.72 Å². The predicted molar refractivity (Wildman–Crippen MR) is 79.0 cm³/mol. The molecule has 0 atom stereocenters. The molecule has 1 aliphatic carbocycles. The van der Waals surface area contributed by atoms with Crippen LogP contribution in [0.2, 0.25) is 0 Å². The lowest BCUT2D eigenvalue weighted by molar-refractivity contribution is 0.294. The van der Waals surface area contributed by atoms with Crippen LogP contribution in [-0.2, 0) is 10.2 Å². The van der Waals surface area contributed by atoms with E-state index in [1.54, 1.807) is 0 Å². The average molecular weight is 291 g/mol. The van der Waals surface area contributed by atoms with Crippen molar-refractivity contribution in [2.75, 3.05) is 13.1 Å². The van der Waals surface area contributed by atoms with Gasteiger partial charge in [0.1, 0.15) is 0 Å². The summed E-state index contributed by atoms with van der Waals surface area (Å²) in [6.07, 6.45) is 7.36. The Hall–Kier alpha value is -0.170. The third kappa shape index (κ3) is 6.21. The Morgan fingerprint density at radius 1 is 1.11 bits per heavy atom. The first-order chi connectivity index (χ1) is 8.89. The lowest BCUT2D eigenvalue weighted by Crippen LogP contribution is -2.57. The predicted octanol–water partition coefficient (Wildman–Crippen LogP) is 1.51. The van der Waals surface area contributed by atoms with E-state index in [9.17, 15) is 8.42 Å². The summed E-state index contributed by atoms with van der Waals surface area (Å²) in [5, 5.41) is 0. The molecule has 0 bridgehead atoms. The van der Waals surface area contributed by atoms with Gasteiger partial charge in [-0.2, -0.15) is 13.1 Å². The van der Waals surface area contributed by atoms with Crippen LogP contribution >= 0.6 is 0 Å². The Kier molecular flexibility index (Phi) is 6.73. The molecule has 0 unspecified atom stereocenters. The standard InChI is InChI=1S/C13H29N3O2S/c1-12(2)10-15-19(17,18)16-13(11-14)8-6-4-3-5-7-9-13/h12,15-16H,3-11,14H2,1-2H3. The Balaban J connectivity index is 2.66. The topological polar surface area (TPSA) is 84.2 Å². The molecular weight excluding hydrogens is 262 g/mol. The van der Waals surface area contributed by atoms with Gasteiger partial charge in [0, 0.05) is 18.6 Å². The van der Waals surface area contributed by atoms with Crippen LogP contribution in [-0.4, -0.2) is 27.0 Å². The summed E-state index contributed by atoms with van der Waals surface area (Å²) in [5.41, 5.74) is 5.41. The van der Waals surface area contributed by atoms with Gasteiger partial charge < -0.3 is 5.73 Å². The highest BCUT2D eigenvalue weighted by Crippen LogP contribution is 2.26.